The standard InChI is InChI=1S/C14H21N3O/c1-18-12-6-4-5-11(9-12)14(7-2-3-8-14)10-17-13(15)16/h4-6,9H,2-3,7-8,10H2,1H3,(H4,15,16,17). The lowest BCUT2D eigenvalue weighted by atomic mass is 9.79. The molecule has 0 atom stereocenters. The average Bonchev–Trinajstić information content (AvgIpc) is 2.86. The van der Waals surface area contributed by atoms with Gasteiger partial charge in [-0.2, -0.15) is 0 Å². The second-order valence-corrected chi connectivity index (χ2v) is 4.96. The molecule has 0 unspecified atom stereocenters. The number of hydrogen-bond acceptors (Lipinski definition) is 2. The van der Waals surface area contributed by atoms with Crippen LogP contribution in [-0.4, -0.2) is 19.6 Å². The third kappa shape index (κ3) is 2.58. The Hall–Kier alpha value is -1.71. The van der Waals surface area contributed by atoms with Crippen molar-refractivity contribution in [3.8, 4) is 5.75 Å². The first kappa shape index (κ1) is 12.7. The average molecular weight is 247 g/mol. The van der Waals surface area contributed by atoms with E-state index in [0.717, 1.165) is 18.6 Å². The minimum Gasteiger partial charge on any atom is -0.497 e. The van der Waals surface area contributed by atoms with Crippen LogP contribution in [0.25, 0.3) is 0 Å². The summed E-state index contributed by atoms with van der Waals surface area (Å²) in [6.07, 6.45) is 4.74. The number of aliphatic imine (C=N–C) groups is 1. The van der Waals surface area contributed by atoms with Gasteiger partial charge in [-0.25, -0.2) is 0 Å². The Balaban J connectivity index is 2.31. The fraction of sp³-hybridized carbons (Fsp3) is 0.500. The summed E-state index contributed by atoms with van der Waals surface area (Å²) >= 11 is 0. The van der Waals surface area contributed by atoms with Crippen molar-refractivity contribution >= 4 is 5.96 Å². The fourth-order valence-corrected chi connectivity index (χ4v) is 2.79. The Morgan fingerprint density at radius 1 is 1.33 bits per heavy atom. The number of ether oxygens (including phenoxy) is 1. The van der Waals surface area contributed by atoms with E-state index < -0.39 is 0 Å². The minimum absolute atomic E-state index is 0.0819. The second kappa shape index (κ2) is 5.29. The van der Waals surface area contributed by atoms with Gasteiger partial charge in [0, 0.05) is 5.41 Å². The monoisotopic (exact) mass is 247 g/mol. The molecule has 2 rings (SSSR count). The predicted molar refractivity (Wildman–Crippen MR) is 73.8 cm³/mol. The number of nitrogens with zero attached hydrogens (tertiary/aromatic N) is 1. The highest BCUT2D eigenvalue weighted by Gasteiger charge is 2.35. The highest BCUT2D eigenvalue weighted by molar-refractivity contribution is 5.75. The van der Waals surface area contributed by atoms with Crippen LogP contribution in [0.15, 0.2) is 29.3 Å². The third-order valence-corrected chi connectivity index (χ3v) is 3.81. The summed E-state index contributed by atoms with van der Waals surface area (Å²) < 4.78 is 5.30. The molecule has 4 heteroatoms. The summed E-state index contributed by atoms with van der Waals surface area (Å²) in [5.41, 5.74) is 12.3. The summed E-state index contributed by atoms with van der Waals surface area (Å²) in [4.78, 5) is 4.24. The Labute approximate surface area is 108 Å². The van der Waals surface area contributed by atoms with E-state index >= 15 is 0 Å². The van der Waals surface area contributed by atoms with E-state index in [0.29, 0.717) is 6.54 Å². The van der Waals surface area contributed by atoms with Crippen molar-refractivity contribution in [2.75, 3.05) is 13.7 Å². The van der Waals surface area contributed by atoms with Crippen LogP contribution in [0.1, 0.15) is 31.2 Å². The molecule has 0 amide bonds. The summed E-state index contributed by atoms with van der Waals surface area (Å²) in [7, 11) is 1.69. The largest absolute Gasteiger partial charge is 0.497 e. The molecule has 4 N–H and O–H groups in total. The molecule has 0 aromatic heterocycles. The topological polar surface area (TPSA) is 73.6 Å². The molecule has 0 saturated heterocycles. The summed E-state index contributed by atoms with van der Waals surface area (Å²) in [5, 5.41) is 0. The van der Waals surface area contributed by atoms with Gasteiger partial charge in [0.1, 0.15) is 5.75 Å². The van der Waals surface area contributed by atoms with Gasteiger partial charge in [0.05, 0.1) is 13.7 Å². The maximum absolute atomic E-state index is 5.47. The SMILES string of the molecule is COc1cccc(C2(CN=C(N)N)CCCC2)c1. The molecule has 1 aliphatic carbocycles. The Kier molecular flexibility index (Phi) is 3.75. The number of benzene rings is 1. The number of methoxy groups -OCH3 is 1. The lowest BCUT2D eigenvalue weighted by Crippen LogP contribution is -2.30. The first-order chi connectivity index (χ1) is 8.66. The summed E-state index contributed by atoms with van der Waals surface area (Å²) in [6, 6.07) is 8.25. The van der Waals surface area contributed by atoms with Gasteiger partial charge < -0.3 is 16.2 Å². The quantitative estimate of drug-likeness (QED) is 0.629. The van der Waals surface area contributed by atoms with Gasteiger partial charge in [-0.05, 0) is 30.5 Å². The van der Waals surface area contributed by atoms with Crippen molar-refractivity contribution in [3.05, 3.63) is 29.8 Å². The molecular formula is C14H21N3O. The molecule has 1 fully saturated rings. The van der Waals surface area contributed by atoms with Gasteiger partial charge in [-0.15, -0.1) is 0 Å². The molecule has 1 aromatic carbocycles. The molecule has 1 aromatic rings. The van der Waals surface area contributed by atoms with Gasteiger partial charge in [0.15, 0.2) is 5.96 Å². The van der Waals surface area contributed by atoms with E-state index in [9.17, 15) is 0 Å². The van der Waals surface area contributed by atoms with Crippen LogP contribution >= 0.6 is 0 Å². The highest BCUT2D eigenvalue weighted by atomic mass is 16.5. The number of nitrogens with two attached hydrogens (primary N) is 2. The van der Waals surface area contributed by atoms with E-state index in [1.165, 1.54) is 18.4 Å². The first-order valence-corrected chi connectivity index (χ1v) is 6.36. The van der Waals surface area contributed by atoms with E-state index in [1.54, 1.807) is 7.11 Å². The van der Waals surface area contributed by atoms with E-state index in [-0.39, 0.29) is 11.4 Å². The smallest absolute Gasteiger partial charge is 0.185 e. The van der Waals surface area contributed by atoms with Crippen molar-refractivity contribution in [3.63, 3.8) is 0 Å². The number of guanidine groups is 1. The maximum Gasteiger partial charge on any atom is 0.185 e. The Morgan fingerprint density at radius 3 is 2.67 bits per heavy atom. The third-order valence-electron chi connectivity index (χ3n) is 3.81. The van der Waals surface area contributed by atoms with Crippen LogP contribution in [0, 0.1) is 0 Å². The van der Waals surface area contributed by atoms with Crippen LogP contribution in [0.3, 0.4) is 0 Å². The maximum atomic E-state index is 5.47. The normalized spacial score (nSPS) is 17.4. The van der Waals surface area contributed by atoms with Crippen LogP contribution < -0.4 is 16.2 Å². The number of rotatable bonds is 4. The molecule has 0 radical (unpaired) electrons. The summed E-state index contributed by atoms with van der Waals surface area (Å²) in [6.45, 7) is 0.669. The van der Waals surface area contributed by atoms with Crippen molar-refractivity contribution in [2.45, 2.75) is 31.1 Å². The van der Waals surface area contributed by atoms with Gasteiger partial charge in [0.2, 0.25) is 0 Å². The fourth-order valence-electron chi connectivity index (χ4n) is 2.79. The molecule has 1 aliphatic rings. The molecule has 18 heavy (non-hydrogen) atoms. The lowest BCUT2D eigenvalue weighted by molar-refractivity contribution is 0.408. The second-order valence-electron chi connectivity index (χ2n) is 4.96. The summed E-state index contributed by atoms with van der Waals surface area (Å²) in [5.74, 6) is 1.06. The van der Waals surface area contributed by atoms with E-state index in [4.69, 9.17) is 16.2 Å². The molecule has 0 bridgehead atoms. The van der Waals surface area contributed by atoms with E-state index in [2.05, 4.69) is 17.1 Å². The molecule has 0 heterocycles. The van der Waals surface area contributed by atoms with Gasteiger partial charge in [-0.1, -0.05) is 25.0 Å². The predicted octanol–water partition coefficient (Wildman–Crippen LogP) is 1.78. The number of hydrogen-bond donors (Lipinski definition) is 2. The zero-order valence-corrected chi connectivity index (χ0v) is 10.9. The Bertz CT molecular complexity index is 432. The molecule has 1 saturated carbocycles. The Morgan fingerprint density at radius 2 is 2.06 bits per heavy atom. The van der Waals surface area contributed by atoms with Gasteiger partial charge in [0.25, 0.3) is 0 Å². The molecule has 0 aliphatic heterocycles. The molecule has 4 nitrogen and oxygen atoms in total. The van der Waals surface area contributed by atoms with Crippen LogP contribution in [0.5, 0.6) is 5.75 Å². The van der Waals surface area contributed by atoms with Gasteiger partial charge in [-0.3, -0.25) is 4.99 Å². The van der Waals surface area contributed by atoms with Crippen LogP contribution in [0.4, 0.5) is 0 Å². The molecular weight excluding hydrogens is 226 g/mol. The van der Waals surface area contributed by atoms with Gasteiger partial charge >= 0.3 is 0 Å². The van der Waals surface area contributed by atoms with Crippen molar-refractivity contribution in [1.29, 1.82) is 0 Å². The highest BCUT2D eigenvalue weighted by Crippen LogP contribution is 2.42. The van der Waals surface area contributed by atoms with Crippen molar-refractivity contribution in [2.24, 2.45) is 16.5 Å². The lowest BCUT2D eigenvalue weighted by Gasteiger charge is -2.28. The van der Waals surface area contributed by atoms with Crippen LogP contribution in [0.2, 0.25) is 0 Å². The van der Waals surface area contributed by atoms with Crippen LogP contribution in [-0.2, 0) is 5.41 Å². The van der Waals surface area contributed by atoms with Crippen molar-refractivity contribution in [1.82, 2.24) is 0 Å². The molecule has 98 valence electrons. The van der Waals surface area contributed by atoms with E-state index in [1.807, 2.05) is 12.1 Å². The molecule has 0 spiro atoms. The van der Waals surface area contributed by atoms with Crippen molar-refractivity contribution < 1.29 is 4.74 Å². The first-order valence-electron chi connectivity index (χ1n) is 6.36. The zero-order valence-electron chi connectivity index (χ0n) is 10.9. The zero-order chi connectivity index (χ0) is 13.0. The minimum atomic E-state index is 0.0819.